The summed E-state index contributed by atoms with van der Waals surface area (Å²) in [7, 11) is 0. The monoisotopic (exact) mass is 289 g/mol. The largest absolute Gasteiger partial charge is 0.383 e. The Kier molecular flexibility index (Phi) is 3.01. The van der Waals surface area contributed by atoms with Crippen LogP contribution in [0.3, 0.4) is 0 Å². The van der Waals surface area contributed by atoms with Crippen molar-refractivity contribution in [1.29, 1.82) is 0 Å². The van der Waals surface area contributed by atoms with Crippen molar-refractivity contribution in [2.24, 2.45) is 15.7 Å². The van der Waals surface area contributed by atoms with Gasteiger partial charge in [0, 0.05) is 11.1 Å². The van der Waals surface area contributed by atoms with E-state index in [9.17, 15) is 0 Å². The molecule has 2 N–H and O–H groups in total. The van der Waals surface area contributed by atoms with Gasteiger partial charge >= 0.3 is 0 Å². The zero-order valence-electron chi connectivity index (χ0n) is 9.77. The third-order valence-corrected chi connectivity index (χ3v) is 3.55. The van der Waals surface area contributed by atoms with E-state index >= 15 is 0 Å². The molecule has 0 atom stereocenters. The molecule has 1 heterocycles. The van der Waals surface area contributed by atoms with E-state index in [2.05, 4.69) is 9.98 Å². The van der Waals surface area contributed by atoms with Gasteiger partial charge in [-0.05, 0) is 18.2 Å². The number of fused-ring (bicyclic) bond motifs is 1. The minimum absolute atomic E-state index is 0.465. The Morgan fingerprint density at radius 1 is 0.947 bits per heavy atom. The van der Waals surface area contributed by atoms with Gasteiger partial charge in [0.2, 0.25) is 0 Å². The number of hydrogen-bond donors (Lipinski definition) is 1. The highest BCUT2D eigenvalue weighted by Gasteiger charge is 2.18. The summed E-state index contributed by atoms with van der Waals surface area (Å²) >= 11 is 11.8. The van der Waals surface area contributed by atoms with Crippen LogP contribution in [0.15, 0.2) is 52.4 Å². The van der Waals surface area contributed by atoms with E-state index in [-0.39, 0.29) is 0 Å². The van der Waals surface area contributed by atoms with E-state index < -0.39 is 0 Å². The van der Waals surface area contributed by atoms with Crippen LogP contribution >= 0.6 is 23.2 Å². The Bertz CT molecular complexity index is 720. The highest BCUT2D eigenvalue weighted by molar-refractivity contribution is 6.42. The lowest BCUT2D eigenvalue weighted by Gasteiger charge is -2.00. The molecule has 0 fully saturated rings. The third-order valence-electron chi connectivity index (χ3n) is 2.81. The van der Waals surface area contributed by atoms with E-state index in [1.807, 2.05) is 24.3 Å². The molecule has 5 heteroatoms. The van der Waals surface area contributed by atoms with Gasteiger partial charge in [0.15, 0.2) is 5.84 Å². The summed E-state index contributed by atoms with van der Waals surface area (Å²) in [5.74, 6) is 1.07. The smallest absolute Gasteiger partial charge is 0.162 e. The van der Waals surface area contributed by atoms with Crippen LogP contribution in [0.2, 0.25) is 10.0 Å². The van der Waals surface area contributed by atoms with Crippen molar-refractivity contribution in [3.8, 4) is 0 Å². The first kappa shape index (κ1) is 12.2. The highest BCUT2D eigenvalue weighted by atomic mass is 35.5. The molecular weight excluding hydrogens is 281 g/mol. The Morgan fingerprint density at radius 3 is 2.42 bits per heavy atom. The number of hydrogen-bond acceptors (Lipinski definition) is 2. The number of aliphatic imine (C=N–C) groups is 2. The van der Waals surface area contributed by atoms with E-state index in [1.54, 1.807) is 18.2 Å². The number of benzene rings is 2. The fraction of sp³-hybridized carbons (Fsp3) is 0. The summed E-state index contributed by atoms with van der Waals surface area (Å²) in [5.41, 5.74) is 8.38. The molecule has 3 rings (SSSR count). The van der Waals surface area contributed by atoms with Gasteiger partial charge < -0.3 is 5.73 Å². The van der Waals surface area contributed by atoms with Gasteiger partial charge in [-0.1, -0.05) is 47.5 Å². The fourth-order valence-corrected chi connectivity index (χ4v) is 2.19. The molecule has 0 saturated carbocycles. The summed E-state index contributed by atoms with van der Waals surface area (Å²) in [5, 5.41) is 0.965. The topological polar surface area (TPSA) is 50.7 Å². The zero-order chi connectivity index (χ0) is 13.4. The molecule has 19 heavy (non-hydrogen) atoms. The van der Waals surface area contributed by atoms with E-state index in [0.717, 1.165) is 11.1 Å². The van der Waals surface area contributed by atoms with Crippen LogP contribution in [0.25, 0.3) is 0 Å². The number of nitrogens with zero attached hydrogens (tertiary/aromatic N) is 2. The average molecular weight is 290 g/mol. The van der Waals surface area contributed by atoms with Crippen LogP contribution in [-0.2, 0) is 0 Å². The standard InChI is InChI=1S/C14H9Cl2N3/c15-11-6-5-8(7-12(11)16)18-14-10-4-2-1-3-9(10)13(17)19-14/h1-7H,(H2,17,18,19). The predicted octanol–water partition coefficient (Wildman–Crippen LogP) is 3.79. The second-order valence-corrected chi connectivity index (χ2v) is 4.89. The lowest BCUT2D eigenvalue weighted by Crippen LogP contribution is -2.09. The maximum Gasteiger partial charge on any atom is 0.162 e. The molecule has 2 aromatic rings. The van der Waals surface area contributed by atoms with Gasteiger partial charge in [-0.3, -0.25) is 0 Å². The molecule has 0 bridgehead atoms. The molecule has 0 aliphatic carbocycles. The van der Waals surface area contributed by atoms with Crippen LogP contribution in [0.1, 0.15) is 11.1 Å². The summed E-state index contributed by atoms with van der Waals surface area (Å²) in [6.45, 7) is 0. The maximum atomic E-state index is 5.97. The van der Waals surface area contributed by atoms with Crippen LogP contribution in [0.5, 0.6) is 0 Å². The zero-order valence-corrected chi connectivity index (χ0v) is 11.3. The van der Waals surface area contributed by atoms with Crippen molar-refractivity contribution in [2.75, 3.05) is 0 Å². The van der Waals surface area contributed by atoms with Crippen LogP contribution in [-0.4, -0.2) is 11.7 Å². The van der Waals surface area contributed by atoms with Gasteiger partial charge in [-0.25, -0.2) is 9.98 Å². The molecule has 2 aromatic carbocycles. The van der Waals surface area contributed by atoms with Crippen LogP contribution in [0, 0.1) is 0 Å². The highest BCUT2D eigenvalue weighted by Crippen LogP contribution is 2.28. The molecule has 94 valence electrons. The quantitative estimate of drug-likeness (QED) is 0.853. The average Bonchev–Trinajstić information content (AvgIpc) is 2.72. The molecule has 0 radical (unpaired) electrons. The fourth-order valence-electron chi connectivity index (χ4n) is 1.90. The first-order valence-corrected chi connectivity index (χ1v) is 6.38. The SMILES string of the molecule is NC1=NC(=Nc2ccc(Cl)c(Cl)c2)c2ccccc21. The molecule has 0 spiro atoms. The number of halogens is 2. The van der Waals surface area contributed by atoms with Crippen molar-refractivity contribution in [3.05, 3.63) is 63.6 Å². The Morgan fingerprint density at radius 2 is 1.68 bits per heavy atom. The van der Waals surface area contributed by atoms with Gasteiger partial charge in [0.05, 0.1) is 15.7 Å². The summed E-state index contributed by atoms with van der Waals surface area (Å²) in [6.07, 6.45) is 0. The summed E-state index contributed by atoms with van der Waals surface area (Å²) in [4.78, 5) is 8.73. The maximum absolute atomic E-state index is 5.97. The second kappa shape index (κ2) is 4.68. The number of rotatable bonds is 1. The Balaban J connectivity index is 2.08. The van der Waals surface area contributed by atoms with Crippen molar-refractivity contribution in [1.82, 2.24) is 0 Å². The minimum Gasteiger partial charge on any atom is -0.383 e. The predicted molar refractivity (Wildman–Crippen MR) is 79.8 cm³/mol. The molecule has 0 amide bonds. The van der Waals surface area contributed by atoms with Crippen molar-refractivity contribution >= 4 is 40.6 Å². The molecule has 0 saturated heterocycles. The molecule has 0 aromatic heterocycles. The molecule has 3 nitrogen and oxygen atoms in total. The van der Waals surface area contributed by atoms with Crippen molar-refractivity contribution in [3.63, 3.8) is 0 Å². The second-order valence-electron chi connectivity index (χ2n) is 4.08. The minimum atomic E-state index is 0.465. The first-order valence-electron chi connectivity index (χ1n) is 5.63. The van der Waals surface area contributed by atoms with Crippen LogP contribution < -0.4 is 5.73 Å². The molecule has 1 aliphatic heterocycles. The van der Waals surface area contributed by atoms with Gasteiger partial charge in [-0.15, -0.1) is 0 Å². The normalized spacial score (nSPS) is 15.5. The van der Waals surface area contributed by atoms with Gasteiger partial charge in [-0.2, -0.15) is 0 Å². The van der Waals surface area contributed by atoms with E-state index in [1.165, 1.54) is 0 Å². The molecule has 0 unspecified atom stereocenters. The Hall–Kier alpha value is -1.84. The third kappa shape index (κ3) is 2.23. The Labute approximate surface area is 120 Å². The van der Waals surface area contributed by atoms with E-state index in [0.29, 0.717) is 27.4 Å². The molecule has 1 aliphatic rings. The van der Waals surface area contributed by atoms with Crippen molar-refractivity contribution < 1.29 is 0 Å². The molecular formula is C14H9Cl2N3. The lowest BCUT2D eigenvalue weighted by atomic mass is 10.1. The van der Waals surface area contributed by atoms with Gasteiger partial charge in [0.25, 0.3) is 0 Å². The van der Waals surface area contributed by atoms with Crippen molar-refractivity contribution in [2.45, 2.75) is 0 Å². The summed E-state index contributed by atoms with van der Waals surface area (Å²) in [6, 6.07) is 12.9. The van der Waals surface area contributed by atoms with Crippen LogP contribution in [0.4, 0.5) is 5.69 Å². The number of nitrogens with two attached hydrogens (primary N) is 1. The number of amidine groups is 2. The first-order chi connectivity index (χ1) is 9.15. The van der Waals surface area contributed by atoms with E-state index in [4.69, 9.17) is 28.9 Å². The van der Waals surface area contributed by atoms with Gasteiger partial charge in [0.1, 0.15) is 5.84 Å². The summed E-state index contributed by atoms with van der Waals surface area (Å²) < 4.78 is 0. The lowest BCUT2D eigenvalue weighted by molar-refractivity contribution is 1.47.